The molecule has 0 bridgehead atoms. The van der Waals surface area contributed by atoms with Crippen LogP contribution in [0.5, 0.6) is 0 Å². The Hall–Kier alpha value is -3.09. The van der Waals surface area contributed by atoms with Gasteiger partial charge in [-0.3, -0.25) is 14.2 Å². The largest absolute Gasteiger partial charge is 0.325 e. The van der Waals surface area contributed by atoms with Crippen LogP contribution < -0.4 is 10.9 Å². The first kappa shape index (κ1) is 20.2. The van der Waals surface area contributed by atoms with Crippen LogP contribution in [-0.2, 0) is 11.3 Å². The lowest BCUT2D eigenvalue weighted by atomic mass is 10.2. The highest BCUT2D eigenvalue weighted by Gasteiger charge is 2.14. The number of benzene rings is 3. The van der Waals surface area contributed by atoms with Gasteiger partial charge in [0.15, 0.2) is 5.16 Å². The number of thioether (sulfide) groups is 1. The molecule has 3 aromatic carbocycles. The number of para-hydroxylation sites is 1. The van der Waals surface area contributed by atoms with Gasteiger partial charge in [-0.15, -0.1) is 0 Å². The monoisotopic (exact) mass is 435 g/mol. The molecule has 0 unspecified atom stereocenters. The predicted molar refractivity (Wildman–Crippen MR) is 122 cm³/mol. The lowest BCUT2D eigenvalue weighted by Crippen LogP contribution is -2.24. The van der Waals surface area contributed by atoms with Crippen molar-refractivity contribution in [1.82, 2.24) is 9.55 Å². The number of hydrogen-bond donors (Lipinski definition) is 1. The number of carbonyl (C=O) groups is 1. The van der Waals surface area contributed by atoms with E-state index in [1.165, 1.54) is 11.8 Å². The molecule has 1 heterocycles. The summed E-state index contributed by atoms with van der Waals surface area (Å²) in [6.07, 6.45) is 0. The Morgan fingerprint density at radius 2 is 1.77 bits per heavy atom. The van der Waals surface area contributed by atoms with Crippen LogP contribution in [0.4, 0.5) is 5.69 Å². The number of rotatable bonds is 6. The average molecular weight is 436 g/mol. The van der Waals surface area contributed by atoms with Crippen LogP contribution in [0.15, 0.2) is 88.8 Å². The average Bonchev–Trinajstić information content (AvgIpc) is 2.75. The van der Waals surface area contributed by atoms with Crippen molar-refractivity contribution in [2.75, 3.05) is 11.1 Å². The Labute approximate surface area is 182 Å². The van der Waals surface area contributed by atoms with E-state index in [1.54, 1.807) is 41.0 Å². The summed E-state index contributed by atoms with van der Waals surface area (Å²) in [5.41, 5.74) is 2.11. The summed E-state index contributed by atoms with van der Waals surface area (Å²) >= 11 is 7.20. The second-order valence-corrected chi connectivity index (χ2v) is 8.01. The van der Waals surface area contributed by atoms with E-state index < -0.39 is 0 Å². The number of nitrogens with one attached hydrogen (secondary N) is 1. The molecule has 4 aromatic rings. The Bertz CT molecular complexity index is 1260. The normalized spacial score (nSPS) is 10.8. The lowest BCUT2D eigenvalue weighted by Gasteiger charge is -2.13. The predicted octanol–water partition coefficient (Wildman–Crippen LogP) is 4.83. The maximum Gasteiger partial charge on any atom is 0.262 e. The molecular weight excluding hydrogens is 418 g/mol. The molecule has 0 fully saturated rings. The third-order valence-corrected chi connectivity index (χ3v) is 5.66. The van der Waals surface area contributed by atoms with Crippen LogP contribution in [0.25, 0.3) is 10.9 Å². The highest BCUT2D eigenvalue weighted by Crippen LogP contribution is 2.20. The van der Waals surface area contributed by atoms with E-state index in [-0.39, 0.29) is 17.2 Å². The van der Waals surface area contributed by atoms with Crippen LogP contribution in [0.2, 0.25) is 5.02 Å². The van der Waals surface area contributed by atoms with Gasteiger partial charge in [-0.05, 0) is 35.9 Å². The van der Waals surface area contributed by atoms with Crippen molar-refractivity contribution in [3.63, 3.8) is 0 Å². The van der Waals surface area contributed by atoms with Crippen molar-refractivity contribution in [1.29, 1.82) is 0 Å². The van der Waals surface area contributed by atoms with Gasteiger partial charge in [-0.25, -0.2) is 4.98 Å². The van der Waals surface area contributed by atoms with Gasteiger partial charge in [0.25, 0.3) is 5.56 Å². The number of anilines is 1. The van der Waals surface area contributed by atoms with Gasteiger partial charge in [0.05, 0.1) is 23.2 Å². The molecule has 0 radical (unpaired) electrons. The zero-order valence-electron chi connectivity index (χ0n) is 15.9. The molecule has 0 aliphatic rings. The lowest BCUT2D eigenvalue weighted by molar-refractivity contribution is -0.113. The van der Waals surface area contributed by atoms with Crippen molar-refractivity contribution in [3.05, 3.63) is 99.8 Å². The maximum absolute atomic E-state index is 13.1. The number of hydrogen-bond acceptors (Lipinski definition) is 4. The van der Waals surface area contributed by atoms with Crippen LogP contribution in [0, 0.1) is 0 Å². The molecule has 1 aromatic heterocycles. The molecular formula is C23H18ClN3O2S. The molecule has 150 valence electrons. The molecule has 4 rings (SSSR count). The summed E-state index contributed by atoms with van der Waals surface area (Å²) in [7, 11) is 0. The fourth-order valence-electron chi connectivity index (χ4n) is 3.06. The van der Waals surface area contributed by atoms with Crippen LogP contribution in [0.1, 0.15) is 5.56 Å². The number of halogens is 1. The summed E-state index contributed by atoms with van der Waals surface area (Å²) in [6.45, 7) is 0.385. The Morgan fingerprint density at radius 3 is 2.57 bits per heavy atom. The maximum atomic E-state index is 13.1. The molecule has 0 saturated carbocycles. The standard InChI is InChI=1S/C23H18ClN3O2S/c24-17-9-6-10-18(13-17)25-21(28)15-30-23-26-20-12-5-4-11-19(20)22(29)27(23)14-16-7-2-1-3-8-16/h1-13H,14-15H2,(H,25,28). The molecule has 7 heteroatoms. The third kappa shape index (κ3) is 4.72. The second-order valence-electron chi connectivity index (χ2n) is 6.64. The summed E-state index contributed by atoms with van der Waals surface area (Å²) in [5.74, 6) is -0.0811. The Morgan fingerprint density at radius 1 is 1.00 bits per heavy atom. The minimum absolute atomic E-state index is 0.117. The molecule has 0 spiro atoms. The van der Waals surface area contributed by atoms with E-state index in [2.05, 4.69) is 10.3 Å². The van der Waals surface area contributed by atoms with E-state index >= 15 is 0 Å². The van der Waals surface area contributed by atoms with Gasteiger partial charge in [-0.1, -0.05) is 71.9 Å². The SMILES string of the molecule is O=C(CSc1nc2ccccc2c(=O)n1Cc1ccccc1)Nc1cccc(Cl)c1. The summed E-state index contributed by atoms with van der Waals surface area (Å²) in [4.78, 5) is 30.2. The van der Waals surface area contributed by atoms with Gasteiger partial charge in [0.1, 0.15) is 0 Å². The van der Waals surface area contributed by atoms with Crippen LogP contribution >= 0.6 is 23.4 Å². The number of amides is 1. The number of aromatic nitrogens is 2. The number of fused-ring (bicyclic) bond motifs is 1. The minimum atomic E-state index is -0.198. The number of nitrogens with zero attached hydrogens (tertiary/aromatic N) is 2. The zero-order valence-corrected chi connectivity index (χ0v) is 17.5. The fourth-order valence-corrected chi connectivity index (χ4v) is 4.05. The second kappa shape index (κ2) is 9.15. The van der Waals surface area contributed by atoms with Crippen LogP contribution in [0.3, 0.4) is 0 Å². The van der Waals surface area contributed by atoms with Gasteiger partial charge < -0.3 is 5.32 Å². The summed E-state index contributed by atoms with van der Waals surface area (Å²) < 4.78 is 1.62. The first-order valence-electron chi connectivity index (χ1n) is 9.32. The highest BCUT2D eigenvalue weighted by atomic mass is 35.5. The van der Waals surface area contributed by atoms with E-state index in [9.17, 15) is 9.59 Å². The molecule has 0 aliphatic heterocycles. The zero-order chi connectivity index (χ0) is 20.9. The van der Waals surface area contributed by atoms with Crippen molar-refractivity contribution in [3.8, 4) is 0 Å². The number of carbonyl (C=O) groups excluding carboxylic acids is 1. The topological polar surface area (TPSA) is 64.0 Å². The smallest absolute Gasteiger partial charge is 0.262 e. The summed E-state index contributed by atoms with van der Waals surface area (Å²) in [5, 5.41) is 4.42. The quantitative estimate of drug-likeness (QED) is 0.348. The highest BCUT2D eigenvalue weighted by molar-refractivity contribution is 7.99. The molecule has 0 aliphatic carbocycles. The molecule has 1 N–H and O–H groups in total. The molecule has 30 heavy (non-hydrogen) atoms. The van der Waals surface area contributed by atoms with Crippen molar-refractivity contribution < 1.29 is 4.79 Å². The van der Waals surface area contributed by atoms with Crippen LogP contribution in [-0.4, -0.2) is 21.2 Å². The van der Waals surface area contributed by atoms with Gasteiger partial charge in [0, 0.05) is 10.7 Å². The first-order chi connectivity index (χ1) is 14.6. The molecule has 0 saturated heterocycles. The molecule has 1 amide bonds. The van der Waals surface area contributed by atoms with E-state index in [1.807, 2.05) is 42.5 Å². The first-order valence-corrected chi connectivity index (χ1v) is 10.7. The third-order valence-electron chi connectivity index (χ3n) is 4.45. The Kier molecular flexibility index (Phi) is 6.16. The molecule has 0 atom stereocenters. The van der Waals surface area contributed by atoms with Gasteiger partial charge in [-0.2, -0.15) is 0 Å². The van der Waals surface area contributed by atoms with E-state index in [0.29, 0.717) is 33.3 Å². The van der Waals surface area contributed by atoms with Crippen molar-refractivity contribution >= 4 is 45.9 Å². The summed E-state index contributed by atoms with van der Waals surface area (Å²) in [6, 6.07) is 23.9. The Balaban J connectivity index is 1.61. The molecule has 5 nitrogen and oxygen atoms in total. The van der Waals surface area contributed by atoms with Crippen molar-refractivity contribution in [2.24, 2.45) is 0 Å². The van der Waals surface area contributed by atoms with E-state index in [4.69, 9.17) is 11.6 Å². The minimum Gasteiger partial charge on any atom is -0.325 e. The fraction of sp³-hybridized carbons (Fsp3) is 0.0870. The van der Waals surface area contributed by atoms with E-state index in [0.717, 1.165) is 5.56 Å². The van der Waals surface area contributed by atoms with Crippen molar-refractivity contribution in [2.45, 2.75) is 11.7 Å². The van der Waals surface area contributed by atoms with Gasteiger partial charge >= 0.3 is 0 Å². The van der Waals surface area contributed by atoms with Gasteiger partial charge in [0.2, 0.25) is 5.91 Å².